The summed E-state index contributed by atoms with van der Waals surface area (Å²) in [6.07, 6.45) is 1.67. The van der Waals surface area contributed by atoms with E-state index in [1.54, 1.807) is 0 Å². The van der Waals surface area contributed by atoms with Crippen molar-refractivity contribution in [2.45, 2.75) is 38.8 Å². The Morgan fingerprint density at radius 2 is 1.76 bits per heavy atom. The highest BCUT2D eigenvalue weighted by molar-refractivity contribution is 5.84. The second-order valence-corrected chi connectivity index (χ2v) is 5.77. The average Bonchev–Trinajstić information content (AvgIpc) is 2.56. The Labute approximate surface area is 146 Å². The van der Waals surface area contributed by atoms with Gasteiger partial charge in [0.1, 0.15) is 12.6 Å². The summed E-state index contributed by atoms with van der Waals surface area (Å²) in [5.41, 5.74) is 2.40. The number of urea groups is 1. The summed E-state index contributed by atoms with van der Waals surface area (Å²) < 4.78 is 0. The molecule has 138 valence electrons. The minimum Gasteiger partial charge on any atom is -0.480 e. The zero-order chi connectivity index (χ0) is 18.7. The van der Waals surface area contributed by atoms with Gasteiger partial charge in [-0.1, -0.05) is 29.8 Å². The Hall–Kier alpha value is -2.61. The van der Waals surface area contributed by atoms with E-state index in [-0.39, 0.29) is 6.42 Å². The van der Waals surface area contributed by atoms with Crippen LogP contribution in [0.3, 0.4) is 0 Å². The predicted molar refractivity (Wildman–Crippen MR) is 92.3 cm³/mol. The predicted octanol–water partition coefficient (Wildman–Crippen LogP) is 1.09. The van der Waals surface area contributed by atoms with Gasteiger partial charge in [0.15, 0.2) is 0 Å². The zero-order valence-electron chi connectivity index (χ0n) is 14.2. The van der Waals surface area contributed by atoms with Crippen LogP contribution >= 0.6 is 0 Å². The van der Waals surface area contributed by atoms with Crippen LogP contribution in [0.4, 0.5) is 4.79 Å². The van der Waals surface area contributed by atoms with Gasteiger partial charge in [0, 0.05) is 6.54 Å². The van der Waals surface area contributed by atoms with Crippen molar-refractivity contribution in [3.8, 4) is 0 Å². The summed E-state index contributed by atoms with van der Waals surface area (Å²) in [6, 6.07) is 6.38. The highest BCUT2D eigenvalue weighted by atomic mass is 16.4. The molecule has 2 amide bonds. The normalized spacial score (nSPS) is 11.6. The van der Waals surface area contributed by atoms with Gasteiger partial charge in [-0.3, -0.25) is 4.79 Å². The molecule has 0 bridgehead atoms. The molecule has 0 aliphatic carbocycles. The van der Waals surface area contributed by atoms with Gasteiger partial charge in [-0.05, 0) is 38.3 Å². The molecule has 0 heterocycles. The van der Waals surface area contributed by atoms with Gasteiger partial charge < -0.3 is 26.2 Å². The summed E-state index contributed by atoms with van der Waals surface area (Å²) in [5, 5.41) is 25.2. The van der Waals surface area contributed by atoms with Crippen LogP contribution in [0.15, 0.2) is 24.3 Å². The lowest BCUT2D eigenvalue weighted by Gasteiger charge is -2.14. The molecule has 5 N–H and O–H groups in total. The number of carboxylic acid groups (broad SMARTS) is 2. The van der Waals surface area contributed by atoms with Gasteiger partial charge in [-0.2, -0.15) is 0 Å². The minimum atomic E-state index is -1.19. The Morgan fingerprint density at radius 1 is 1.08 bits per heavy atom. The van der Waals surface area contributed by atoms with Gasteiger partial charge in [0.25, 0.3) is 0 Å². The van der Waals surface area contributed by atoms with Crippen molar-refractivity contribution in [2.75, 3.05) is 13.1 Å². The van der Waals surface area contributed by atoms with Crippen LogP contribution in [-0.4, -0.2) is 47.3 Å². The number of carboxylic acids is 2. The first-order chi connectivity index (χ1) is 11.9. The third-order valence-electron chi connectivity index (χ3n) is 3.55. The highest BCUT2D eigenvalue weighted by Gasteiger charge is 2.19. The van der Waals surface area contributed by atoms with Crippen molar-refractivity contribution in [1.29, 1.82) is 0 Å². The number of aliphatic carboxylic acids is 2. The van der Waals surface area contributed by atoms with Crippen LogP contribution in [0, 0.1) is 6.92 Å². The van der Waals surface area contributed by atoms with E-state index in [1.807, 2.05) is 6.92 Å². The number of nitrogens with one attached hydrogen (secondary N) is 3. The largest absolute Gasteiger partial charge is 0.480 e. The van der Waals surface area contributed by atoms with Crippen LogP contribution in [0.2, 0.25) is 0 Å². The van der Waals surface area contributed by atoms with E-state index in [0.717, 1.165) is 19.5 Å². The molecule has 1 aromatic rings. The van der Waals surface area contributed by atoms with Crippen LogP contribution in [0.5, 0.6) is 0 Å². The van der Waals surface area contributed by atoms with E-state index >= 15 is 0 Å². The summed E-state index contributed by atoms with van der Waals surface area (Å²) in [7, 11) is 0. The molecular formula is C17H25N3O5. The van der Waals surface area contributed by atoms with Crippen molar-refractivity contribution in [3.05, 3.63) is 35.4 Å². The van der Waals surface area contributed by atoms with Gasteiger partial charge in [0.2, 0.25) is 0 Å². The molecule has 0 saturated heterocycles. The first kappa shape index (κ1) is 20.4. The van der Waals surface area contributed by atoms with E-state index < -0.39 is 30.6 Å². The third-order valence-corrected chi connectivity index (χ3v) is 3.55. The lowest BCUT2D eigenvalue weighted by Crippen LogP contribution is -2.47. The summed E-state index contributed by atoms with van der Waals surface area (Å²) in [4.78, 5) is 32.9. The molecule has 1 atom stereocenters. The molecule has 25 heavy (non-hydrogen) atoms. The molecule has 0 aliphatic rings. The first-order valence-electron chi connectivity index (χ1n) is 8.13. The Bertz CT molecular complexity index is 574. The van der Waals surface area contributed by atoms with Gasteiger partial charge in [-0.15, -0.1) is 0 Å². The highest BCUT2D eigenvalue weighted by Crippen LogP contribution is 2.04. The number of carbonyl (C=O) groups is 3. The molecule has 1 aromatic carbocycles. The van der Waals surface area contributed by atoms with Gasteiger partial charge in [-0.25, -0.2) is 9.59 Å². The van der Waals surface area contributed by atoms with Gasteiger partial charge in [0.05, 0.1) is 0 Å². The first-order valence-corrected chi connectivity index (χ1v) is 8.13. The molecule has 0 aliphatic heterocycles. The molecule has 8 heteroatoms. The zero-order valence-corrected chi connectivity index (χ0v) is 14.2. The summed E-state index contributed by atoms with van der Waals surface area (Å²) in [6.45, 7) is 2.97. The Balaban J connectivity index is 2.19. The van der Waals surface area contributed by atoms with E-state index in [0.29, 0.717) is 6.42 Å². The Kier molecular flexibility index (Phi) is 9.02. The molecule has 0 aromatic heterocycles. The molecule has 0 saturated carbocycles. The molecular weight excluding hydrogens is 326 g/mol. The lowest BCUT2D eigenvalue weighted by molar-refractivity contribution is -0.139. The molecule has 1 rings (SSSR count). The van der Waals surface area contributed by atoms with Crippen LogP contribution in [0.25, 0.3) is 0 Å². The maximum absolute atomic E-state index is 11.4. The smallest absolute Gasteiger partial charge is 0.326 e. The lowest BCUT2D eigenvalue weighted by atomic mass is 10.1. The van der Waals surface area contributed by atoms with Crippen molar-refractivity contribution in [3.63, 3.8) is 0 Å². The number of rotatable bonds is 11. The fourth-order valence-corrected chi connectivity index (χ4v) is 2.16. The van der Waals surface area contributed by atoms with Crippen molar-refractivity contribution in [1.82, 2.24) is 16.0 Å². The SMILES string of the molecule is Cc1ccc(CNCCCCC(NC(=O)NCC(=O)O)C(=O)O)cc1. The van der Waals surface area contributed by atoms with Crippen LogP contribution in [-0.2, 0) is 16.1 Å². The standard InChI is InChI=1S/C17H25N3O5/c1-12-5-7-13(8-6-12)10-18-9-3-2-4-14(16(23)24)20-17(25)19-11-15(21)22/h5-8,14,18H,2-4,9-11H2,1H3,(H,21,22)(H,23,24)(H2,19,20,25). The quantitative estimate of drug-likeness (QED) is 0.380. The fourth-order valence-electron chi connectivity index (χ4n) is 2.16. The number of carbonyl (C=O) groups excluding carboxylic acids is 1. The maximum atomic E-state index is 11.4. The van der Waals surface area contributed by atoms with Crippen molar-refractivity contribution < 1.29 is 24.6 Å². The van der Waals surface area contributed by atoms with E-state index in [1.165, 1.54) is 11.1 Å². The summed E-state index contributed by atoms with van der Waals surface area (Å²) in [5.74, 6) is -2.33. The topological polar surface area (TPSA) is 128 Å². The number of benzene rings is 1. The third kappa shape index (κ3) is 9.31. The molecule has 0 spiro atoms. The van der Waals surface area contributed by atoms with Crippen LogP contribution in [0.1, 0.15) is 30.4 Å². The van der Waals surface area contributed by atoms with Crippen LogP contribution < -0.4 is 16.0 Å². The maximum Gasteiger partial charge on any atom is 0.326 e. The number of hydrogen-bond acceptors (Lipinski definition) is 4. The van der Waals surface area contributed by atoms with E-state index in [9.17, 15) is 14.4 Å². The Morgan fingerprint density at radius 3 is 2.36 bits per heavy atom. The number of amides is 2. The minimum absolute atomic E-state index is 0.280. The average molecular weight is 351 g/mol. The number of hydrogen-bond donors (Lipinski definition) is 5. The fraction of sp³-hybridized carbons (Fsp3) is 0.471. The van der Waals surface area contributed by atoms with Crippen molar-refractivity contribution >= 4 is 18.0 Å². The summed E-state index contributed by atoms with van der Waals surface area (Å²) >= 11 is 0. The number of unbranched alkanes of at least 4 members (excludes halogenated alkanes) is 1. The molecule has 0 fully saturated rings. The van der Waals surface area contributed by atoms with Gasteiger partial charge >= 0.3 is 18.0 Å². The number of aryl methyl sites for hydroxylation is 1. The molecule has 0 radical (unpaired) electrons. The van der Waals surface area contributed by atoms with Crippen molar-refractivity contribution in [2.24, 2.45) is 0 Å². The molecule has 8 nitrogen and oxygen atoms in total. The van der Waals surface area contributed by atoms with E-state index in [2.05, 4.69) is 40.2 Å². The second-order valence-electron chi connectivity index (χ2n) is 5.77. The second kappa shape index (κ2) is 11.0. The molecule has 1 unspecified atom stereocenters. The van der Waals surface area contributed by atoms with E-state index in [4.69, 9.17) is 10.2 Å². The monoisotopic (exact) mass is 351 g/mol.